The molecule has 0 aromatic carbocycles. The van der Waals surface area contributed by atoms with E-state index in [0.717, 1.165) is 5.69 Å². The van der Waals surface area contributed by atoms with Crippen LogP contribution in [-0.4, -0.2) is 58.1 Å². The Morgan fingerprint density at radius 3 is 2.68 bits per heavy atom. The summed E-state index contributed by atoms with van der Waals surface area (Å²) in [5.41, 5.74) is 1.29. The van der Waals surface area contributed by atoms with E-state index in [9.17, 15) is 9.59 Å². The number of anilines is 2. The molecule has 168 valence electrons. The van der Waals surface area contributed by atoms with Crippen molar-refractivity contribution in [3.8, 4) is 0 Å². The molecule has 0 saturated carbocycles. The van der Waals surface area contributed by atoms with Crippen molar-refractivity contribution in [2.45, 2.75) is 46.3 Å². The third-order valence-corrected chi connectivity index (χ3v) is 6.28. The van der Waals surface area contributed by atoms with Gasteiger partial charge >= 0.3 is 6.09 Å². The van der Waals surface area contributed by atoms with Crippen LogP contribution in [0.4, 0.5) is 16.2 Å². The first-order chi connectivity index (χ1) is 14.5. The van der Waals surface area contributed by atoms with Gasteiger partial charge in [-0.15, -0.1) is 11.3 Å². The molecule has 2 aromatic heterocycles. The Labute approximate surface area is 195 Å². The number of hydrogen-bond donors (Lipinski definition) is 1. The fourth-order valence-corrected chi connectivity index (χ4v) is 4.44. The molecule has 0 radical (unpaired) electrons. The number of carbonyl (C=O) groups is 2. The van der Waals surface area contributed by atoms with Gasteiger partial charge < -0.3 is 19.9 Å². The van der Waals surface area contributed by atoms with Gasteiger partial charge in [-0.1, -0.05) is 13.8 Å². The third-order valence-electron chi connectivity index (χ3n) is 4.91. The van der Waals surface area contributed by atoms with Crippen molar-refractivity contribution in [2.24, 2.45) is 5.92 Å². The van der Waals surface area contributed by atoms with Gasteiger partial charge in [-0.05, 0) is 48.7 Å². The molecule has 1 saturated heterocycles. The highest BCUT2D eigenvalue weighted by Gasteiger charge is 2.35. The monoisotopic (exact) mass is 509 g/mol. The summed E-state index contributed by atoms with van der Waals surface area (Å²) < 4.78 is 6.27. The number of piperazine rings is 1. The number of rotatable bonds is 4. The summed E-state index contributed by atoms with van der Waals surface area (Å²) in [5, 5.41) is 4.62. The van der Waals surface area contributed by atoms with E-state index < -0.39 is 5.60 Å². The molecule has 31 heavy (non-hydrogen) atoms. The van der Waals surface area contributed by atoms with Crippen molar-refractivity contribution < 1.29 is 14.3 Å². The first-order valence-corrected chi connectivity index (χ1v) is 11.8. The number of nitrogens with zero attached hydrogens (tertiary/aromatic N) is 4. The van der Waals surface area contributed by atoms with Crippen molar-refractivity contribution in [3.05, 3.63) is 33.5 Å². The molecular formula is C21H28BrN5O3S. The van der Waals surface area contributed by atoms with Crippen molar-refractivity contribution in [3.63, 3.8) is 0 Å². The lowest BCUT2D eigenvalue weighted by Crippen LogP contribution is -2.58. The molecule has 8 nitrogen and oxygen atoms in total. The number of halogens is 1. The summed E-state index contributed by atoms with van der Waals surface area (Å²) in [6.45, 7) is 11.6. The molecule has 3 heterocycles. The Hall–Kier alpha value is -2.20. The van der Waals surface area contributed by atoms with E-state index in [4.69, 9.17) is 4.74 Å². The van der Waals surface area contributed by atoms with E-state index >= 15 is 0 Å². The average molecular weight is 510 g/mol. The van der Waals surface area contributed by atoms with E-state index in [1.54, 1.807) is 17.8 Å². The number of amides is 2. The highest BCUT2D eigenvalue weighted by Crippen LogP contribution is 2.30. The SMILES string of the molecule is CC(C)[C@@H]1CN(c2ccncc2NC(=O)c2csc(Br)n2)CCN1C(=O)OC(C)(C)C. The van der Waals surface area contributed by atoms with Crippen LogP contribution in [0.1, 0.15) is 45.1 Å². The quantitative estimate of drug-likeness (QED) is 0.645. The summed E-state index contributed by atoms with van der Waals surface area (Å²) >= 11 is 4.64. The Bertz CT molecular complexity index is 943. The Kier molecular flexibility index (Phi) is 7.20. The summed E-state index contributed by atoms with van der Waals surface area (Å²) in [4.78, 5) is 37.7. The van der Waals surface area contributed by atoms with Gasteiger partial charge in [0.25, 0.3) is 5.91 Å². The van der Waals surface area contributed by atoms with Crippen LogP contribution < -0.4 is 10.2 Å². The number of ether oxygens (including phenoxy) is 1. The largest absolute Gasteiger partial charge is 0.444 e. The molecule has 2 amide bonds. The van der Waals surface area contributed by atoms with E-state index in [1.165, 1.54) is 11.3 Å². The Morgan fingerprint density at radius 2 is 2.06 bits per heavy atom. The summed E-state index contributed by atoms with van der Waals surface area (Å²) in [6, 6.07) is 1.86. The van der Waals surface area contributed by atoms with Gasteiger partial charge in [0.05, 0.1) is 23.6 Å². The minimum Gasteiger partial charge on any atom is -0.444 e. The van der Waals surface area contributed by atoms with Gasteiger partial charge in [0.15, 0.2) is 3.92 Å². The minimum atomic E-state index is -0.539. The average Bonchev–Trinajstić information content (AvgIpc) is 3.13. The summed E-state index contributed by atoms with van der Waals surface area (Å²) in [7, 11) is 0. The first-order valence-electron chi connectivity index (χ1n) is 10.2. The minimum absolute atomic E-state index is 0.0187. The van der Waals surface area contributed by atoms with Gasteiger partial charge in [-0.2, -0.15) is 0 Å². The zero-order valence-corrected chi connectivity index (χ0v) is 20.8. The van der Waals surface area contributed by atoms with Crippen LogP contribution in [0.15, 0.2) is 27.8 Å². The second kappa shape index (κ2) is 9.52. The molecule has 10 heteroatoms. The van der Waals surface area contributed by atoms with Crippen LogP contribution in [0.5, 0.6) is 0 Å². The van der Waals surface area contributed by atoms with Gasteiger partial charge in [-0.25, -0.2) is 9.78 Å². The number of nitrogens with one attached hydrogen (secondary N) is 1. The Balaban J connectivity index is 1.78. The number of carbonyl (C=O) groups excluding carboxylic acids is 2. The standard InChI is InChI=1S/C21H28BrN5O3S/c1-13(2)17-11-26(8-9-27(17)20(29)30-21(3,4)5)16-6-7-23-10-14(16)24-18(28)15-12-31-19(22)25-15/h6-7,10,12-13,17H,8-9,11H2,1-5H3,(H,24,28)/t17-/m0/s1. The molecule has 0 spiro atoms. The van der Waals surface area contributed by atoms with Crippen LogP contribution in [0.25, 0.3) is 0 Å². The second-order valence-corrected chi connectivity index (χ2v) is 10.9. The van der Waals surface area contributed by atoms with Crippen LogP contribution in [0, 0.1) is 5.92 Å². The van der Waals surface area contributed by atoms with Gasteiger partial charge in [0.2, 0.25) is 0 Å². The fourth-order valence-electron chi connectivity index (χ4n) is 3.45. The molecule has 1 aliphatic heterocycles. The highest BCUT2D eigenvalue weighted by atomic mass is 79.9. The molecule has 2 aromatic rings. The summed E-state index contributed by atoms with van der Waals surface area (Å²) in [6.07, 6.45) is 3.05. The van der Waals surface area contributed by atoms with Gasteiger partial charge in [-0.3, -0.25) is 9.78 Å². The molecule has 3 rings (SSSR count). The molecule has 0 bridgehead atoms. The molecule has 0 aliphatic carbocycles. The van der Waals surface area contributed by atoms with Crippen molar-refractivity contribution >= 4 is 50.6 Å². The molecule has 0 unspecified atom stereocenters. The van der Waals surface area contributed by atoms with Crippen molar-refractivity contribution in [2.75, 3.05) is 29.9 Å². The smallest absolute Gasteiger partial charge is 0.410 e. The number of aromatic nitrogens is 2. The van der Waals surface area contributed by atoms with Crippen molar-refractivity contribution in [1.82, 2.24) is 14.9 Å². The van der Waals surface area contributed by atoms with Crippen LogP contribution in [0.2, 0.25) is 0 Å². The number of pyridine rings is 1. The van der Waals surface area contributed by atoms with E-state index in [-0.39, 0.29) is 24.0 Å². The lowest BCUT2D eigenvalue weighted by molar-refractivity contribution is 0.00884. The lowest BCUT2D eigenvalue weighted by Gasteiger charge is -2.44. The first kappa shape index (κ1) is 23.5. The third kappa shape index (κ3) is 5.94. The fraction of sp³-hybridized carbons (Fsp3) is 0.524. The zero-order chi connectivity index (χ0) is 22.8. The maximum Gasteiger partial charge on any atom is 0.410 e. The zero-order valence-electron chi connectivity index (χ0n) is 18.4. The second-order valence-electron chi connectivity index (χ2n) is 8.76. The van der Waals surface area contributed by atoms with E-state index in [2.05, 4.69) is 50.0 Å². The molecule has 1 N–H and O–H groups in total. The van der Waals surface area contributed by atoms with Crippen LogP contribution in [0.3, 0.4) is 0 Å². The molecule has 1 aliphatic rings. The Morgan fingerprint density at radius 1 is 1.32 bits per heavy atom. The molecule has 1 atom stereocenters. The van der Waals surface area contributed by atoms with Crippen molar-refractivity contribution in [1.29, 1.82) is 0 Å². The lowest BCUT2D eigenvalue weighted by atomic mass is 9.99. The normalized spacial score (nSPS) is 17.1. The van der Waals surface area contributed by atoms with Gasteiger partial charge in [0, 0.05) is 31.2 Å². The van der Waals surface area contributed by atoms with E-state index in [1.807, 2.05) is 31.7 Å². The predicted octanol–water partition coefficient (Wildman–Crippen LogP) is 4.63. The van der Waals surface area contributed by atoms with Gasteiger partial charge in [0.1, 0.15) is 11.3 Å². The van der Waals surface area contributed by atoms with Crippen LogP contribution in [-0.2, 0) is 4.74 Å². The molecular weight excluding hydrogens is 482 g/mol. The topological polar surface area (TPSA) is 87.7 Å². The van der Waals surface area contributed by atoms with E-state index in [0.29, 0.717) is 34.9 Å². The maximum atomic E-state index is 12.8. The maximum absolute atomic E-state index is 12.8. The predicted molar refractivity (Wildman–Crippen MR) is 126 cm³/mol. The van der Waals surface area contributed by atoms with Crippen LogP contribution >= 0.6 is 27.3 Å². The number of hydrogen-bond acceptors (Lipinski definition) is 7. The summed E-state index contributed by atoms with van der Waals surface area (Å²) in [5.74, 6) is -0.0495. The highest BCUT2D eigenvalue weighted by molar-refractivity contribution is 9.11. The molecule has 1 fully saturated rings. The number of thiazole rings is 1.